The third-order valence-corrected chi connectivity index (χ3v) is 3.43. The Morgan fingerprint density at radius 1 is 1.32 bits per heavy atom. The number of aromatic amines is 1. The number of ether oxygens (including phenoxy) is 1. The molecule has 5 nitrogen and oxygen atoms in total. The number of benzene rings is 1. The van der Waals surface area contributed by atoms with E-state index in [1.54, 1.807) is 13.8 Å². The van der Waals surface area contributed by atoms with Gasteiger partial charge in [-0.05, 0) is 31.9 Å². The van der Waals surface area contributed by atoms with Gasteiger partial charge in [0.25, 0.3) is 0 Å². The van der Waals surface area contributed by atoms with Crippen LogP contribution in [-0.2, 0) is 11.2 Å². The summed E-state index contributed by atoms with van der Waals surface area (Å²) in [4.78, 5) is 38.6. The summed E-state index contributed by atoms with van der Waals surface area (Å²) in [6.45, 7) is 4.79. The molecule has 6 heteroatoms. The number of pyridine rings is 1. The van der Waals surface area contributed by atoms with E-state index in [1.165, 1.54) is 13.1 Å². The molecule has 0 aliphatic rings. The van der Waals surface area contributed by atoms with Gasteiger partial charge in [-0.1, -0.05) is 6.92 Å². The van der Waals surface area contributed by atoms with E-state index in [0.29, 0.717) is 17.5 Å². The van der Waals surface area contributed by atoms with E-state index in [-0.39, 0.29) is 23.1 Å². The average molecular weight is 305 g/mol. The minimum atomic E-state index is -0.764. The molecule has 0 unspecified atom stereocenters. The second-order valence-corrected chi connectivity index (χ2v) is 4.80. The smallest absolute Gasteiger partial charge is 0.343 e. The van der Waals surface area contributed by atoms with Gasteiger partial charge < -0.3 is 9.72 Å². The van der Waals surface area contributed by atoms with Crippen molar-refractivity contribution in [3.8, 4) is 0 Å². The van der Waals surface area contributed by atoms with Gasteiger partial charge in [0, 0.05) is 11.6 Å². The summed E-state index contributed by atoms with van der Waals surface area (Å²) in [5.41, 5.74) is -0.0426. The average Bonchev–Trinajstić information content (AvgIpc) is 2.46. The Morgan fingerprint density at radius 3 is 2.55 bits per heavy atom. The van der Waals surface area contributed by atoms with Gasteiger partial charge in [0.1, 0.15) is 11.4 Å². The first-order chi connectivity index (χ1) is 10.4. The van der Waals surface area contributed by atoms with E-state index in [0.717, 1.165) is 6.07 Å². The molecule has 2 rings (SSSR count). The molecule has 0 amide bonds. The lowest BCUT2D eigenvalue weighted by atomic mass is 9.97. The van der Waals surface area contributed by atoms with E-state index in [4.69, 9.17) is 4.74 Å². The first-order valence-corrected chi connectivity index (χ1v) is 6.97. The van der Waals surface area contributed by atoms with Crippen LogP contribution in [0.1, 0.15) is 47.1 Å². The predicted octanol–water partition coefficient (Wildman–Crippen LogP) is 2.61. The van der Waals surface area contributed by atoms with Gasteiger partial charge in [-0.15, -0.1) is 0 Å². The predicted molar refractivity (Wildman–Crippen MR) is 79.9 cm³/mol. The molecular formula is C16H16FNO4. The van der Waals surface area contributed by atoms with Crippen molar-refractivity contribution in [1.29, 1.82) is 0 Å². The molecule has 2 aromatic rings. The lowest BCUT2D eigenvalue weighted by molar-refractivity contribution is 0.0524. The van der Waals surface area contributed by atoms with Crippen molar-refractivity contribution in [3.05, 3.63) is 45.0 Å². The number of H-pyrrole nitrogens is 1. The second kappa shape index (κ2) is 6.09. The van der Waals surface area contributed by atoms with Crippen molar-refractivity contribution in [2.45, 2.75) is 27.2 Å². The van der Waals surface area contributed by atoms with Crippen molar-refractivity contribution in [1.82, 2.24) is 4.98 Å². The Bertz CT molecular complexity index is 823. The fourth-order valence-corrected chi connectivity index (χ4v) is 2.50. The topological polar surface area (TPSA) is 76.2 Å². The Hall–Kier alpha value is -2.50. The number of fused-ring (bicyclic) bond motifs is 1. The van der Waals surface area contributed by atoms with Crippen molar-refractivity contribution in [2.24, 2.45) is 0 Å². The van der Waals surface area contributed by atoms with Crippen LogP contribution in [-0.4, -0.2) is 23.3 Å². The fraction of sp³-hybridized carbons (Fsp3) is 0.312. The summed E-state index contributed by atoms with van der Waals surface area (Å²) in [5.74, 6) is -1.94. The number of rotatable bonds is 4. The minimum absolute atomic E-state index is 0.0323. The highest BCUT2D eigenvalue weighted by Crippen LogP contribution is 2.23. The summed E-state index contributed by atoms with van der Waals surface area (Å²) in [5, 5.41) is 0.0323. The summed E-state index contributed by atoms with van der Waals surface area (Å²) in [6, 6.07) is 0.993. The molecule has 0 atom stereocenters. The van der Waals surface area contributed by atoms with Crippen LogP contribution in [0.25, 0.3) is 10.9 Å². The van der Waals surface area contributed by atoms with Crippen molar-refractivity contribution in [2.75, 3.05) is 6.61 Å². The molecule has 0 aliphatic heterocycles. The molecule has 0 saturated heterocycles. The molecule has 1 aromatic heterocycles. The maximum Gasteiger partial charge on any atom is 0.343 e. The summed E-state index contributed by atoms with van der Waals surface area (Å²) in [7, 11) is 0. The number of ketones is 1. The minimum Gasteiger partial charge on any atom is -0.462 e. The maximum atomic E-state index is 14.2. The Labute approximate surface area is 126 Å². The molecule has 1 heterocycles. The highest BCUT2D eigenvalue weighted by molar-refractivity contribution is 6.02. The number of aryl methyl sites for hydroxylation is 1. The number of hydrogen-bond donors (Lipinski definition) is 1. The van der Waals surface area contributed by atoms with Crippen molar-refractivity contribution >= 4 is 22.7 Å². The molecule has 1 aromatic carbocycles. The van der Waals surface area contributed by atoms with E-state index in [9.17, 15) is 18.8 Å². The third-order valence-electron chi connectivity index (χ3n) is 3.43. The maximum absolute atomic E-state index is 14.2. The first-order valence-electron chi connectivity index (χ1n) is 6.97. The highest BCUT2D eigenvalue weighted by atomic mass is 19.1. The van der Waals surface area contributed by atoms with Crippen LogP contribution in [0.3, 0.4) is 0 Å². The number of aromatic nitrogens is 1. The molecule has 0 radical (unpaired) electrons. The Balaban J connectivity index is 2.83. The highest BCUT2D eigenvalue weighted by Gasteiger charge is 2.20. The van der Waals surface area contributed by atoms with Gasteiger partial charge in [0.15, 0.2) is 5.78 Å². The zero-order valence-corrected chi connectivity index (χ0v) is 12.6. The van der Waals surface area contributed by atoms with Crippen LogP contribution in [0.5, 0.6) is 0 Å². The standard InChI is InChI=1S/C16H16FNO4/c1-4-9-13(8(3)19)12(17)6-10-14(9)18-7-11(15(10)20)16(21)22-5-2/h6-7H,4-5H2,1-3H3,(H,18,20). The van der Waals surface area contributed by atoms with E-state index in [2.05, 4.69) is 4.98 Å². The van der Waals surface area contributed by atoms with Crippen LogP contribution < -0.4 is 5.43 Å². The molecule has 0 spiro atoms. The number of carbonyl (C=O) groups is 2. The van der Waals surface area contributed by atoms with E-state index in [1.807, 2.05) is 0 Å². The number of hydrogen-bond acceptors (Lipinski definition) is 4. The van der Waals surface area contributed by atoms with Gasteiger partial charge >= 0.3 is 5.97 Å². The zero-order valence-electron chi connectivity index (χ0n) is 12.6. The molecular weight excluding hydrogens is 289 g/mol. The van der Waals surface area contributed by atoms with Crippen molar-refractivity contribution < 1.29 is 18.7 Å². The fourth-order valence-electron chi connectivity index (χ4n) is 2.50. The molecule has 0 aliphatic carbocycles. The zero-order chi connectivity index (χ0) is 16.4. The van der Waals surface area contributed by atoms with Crippen LogP contribution in [0.15, 0.2) is 17.1 Å². The normalized spacial score (nSPS) is 10.7. The van der Waals surface area contributed by atoms with Gasteiger partial charge in [-0.3, -0.25) is 9.59 Å². The molecule has 0 saturated carbocycles. The lowest BCUT2D eigenvalue weighted by Gasteiger charge is -2.11. The second-order valence-electron chi connectivity index (χ2n) is 4.80. The number of nitrogens with one attached hydrogen (secondary N) is 1. The number of carbonyl (C=O) groups excluding carboxylic acids is 2. The van der Waals surface area contributed by atoms with Crippen molar-refractivity contribution in [3.63, 3.8) is 0 Å². The molecule has 0 bridgehead atoms. The molecule has 116 valence electrons. The van der Waals surface area contributed by atoms with E-state index < -0.39 is 23.0 Å². The summed E-state index contributed by atoms with van der Waals surface area (Å²) < 4.78 is 19.0. The number of esters is 1. The van der Waals surface area contributed by atoms with Crippen LogP contribution in [0.4, 0.5) is 4.39 Å². The van der Waals surface area contributed by atoms with Gasteiger partial charge in [-0.25, -0.2) is 9.18 Å². The van der Waals surface area contributed by atoms with Crippen LogP contribution in [0.2, 0.25) is 0 Å². The van der Waals surface area contributed by atoms with Gasteiger partial charge in [0.05, 0.1) is 17.7 Å². The van der Waals surface area contributed by atoms with Gasteiger partial charge in [0.2, 0.25) is 5.43 Å². The Morgan fingerprint density at radius 2 is 2.00 bits per heavy atom. The SMILES string of the molecule is CCOC(=O)c1c[nH]c2c(CC)c(C(C)=O)c(F)cc2c1=O. The number of halogens is 1. The first kappa shape index (κ1) is 15.9. The Kier molecular flexibility index (Phi) is 4.40. The van der Waals surface area contributed by atoms with Crippen LogP contribution in [0, 0.1) is 5.82 Å². The summed E-state index contributed by atoms with van der Waals surface area (Å²) >= 11 is 0. The van der Waals surface area contributed by atoms with Gasteiger partial charge in [-0.2, -0.15) is 0 Å². The number of Topliss-reactive ketones (excluding diaryl/α,β-unsaturated/α-hetero) is 1. The lowest BCUT2D eigenvalue weighted by Crippen LogP contribution is -2.19. The molecule has 22 heavy (non-hydrogen) atoms. The monoisotopic (exact) mass is 305 g/mol. The summed E-state index contributed by atoms with van der Waals surface area (Å²) in [6.07, 6.45) is 1.61. The molecule has 1 N–H and O–H groups in total. The largest absolute Gasteiger partial charge is 0.462 e. The van der Waals surface area contributed by atoms with E-state index >= 15 is 0 Å². The quantitative estimate of drug-likeness (QED) is 0.696. The van der Waals surface area contributed by atoms with Crippen LogP contribution >= 0.6 is 0 Å². The molecule has 0 fully saturated rings. The third kappa shape index (κ3) is 2.52.